The molecule has 0 saturated heterocycles. The first-order chi connectivity index (χ1) is 20.2. The van der Waals surface area contributed by atoms with Crippen molar-refractivity contribution in [2.45, 2.75) is 39.0 Å². The Kier molecular flexibility index (Phi) is 9.56. The molecule has 11 heteroatoms. The number of carboxylic acid groups (broad SMARTS) is 1. The van der Waals surface area contributed by atoms with Crippen LogP contribution in [0.3, 0.4) is 0 Å². The first kappa shape index (κ1) is 30.2. The first-order valence-corrected chi connectivity index (χ1v) is 13.6. The number of urea groups is 1. The topological polar surface area (TPSA) is 146 Å². The van der Waals surface area contributed by atoms with Gasteiger partial charge in [-0.2, -0.15) is 0 Å². The molecule has 1 aliphatic rings. The van der Waals surface area contributed by atoms with Crippen LogP contribution in [0.5, 0.6) is 0 Å². The lowest BCUT2D eigenvalue weighted by Crippen LogP contribution is -2.56. The van der Waals surface area contributed by atoms with Crippen LogP contribution in [0, 0.1) is 6.92 Å². The summed E-state index contributed by atoms with van der Waals surface area (Å²) in [5.74, 6) is -2.19. The molecule has 3 aromatic rings. The minimum absolute atomic E-state index is 0.0405. The van der Waals surface area contributed by atoms with Gasteiger partial charge in [-0.1, -0.05) is 35.9 Å². The second kappa shape index (κ2) is 13.3. The van der Waals surface area contributed by atoms with Crippen molar-refractivity contribution < 1.29 is 33.8 Å². The molecule has 1 unspecified atom stereocenters. The van der Waals surface area contributed by atoms with Crippen LogP contribution in [0.15, 0.2) is 72.8 Å². The Hall–Kier alpha value is -4.74. The van der Waals surface area contributed by atoms with Crippen LogP contribution >= 0.6 is 0 Å². The molecule has 0 radical (unpaired) electrons. The van der Waals surface area contributed by atoms with E-state index in [9.17, 15) is 19.2 Å². The molecule has 4 rings (SSSR count). The maximum Gasteiger partial charge on any atom is 0.335 e. The number of hydrogen-bond donors (Lipinski definition) is 4. The van der Waals surface area contributed by atoms with E-state index < -0.39 is 42.1 Å². The summed E-state index contributed by atoms with van der Waals surface area (Å²) in [6.45, 7) is 6.33. The van der Waals surface area contributed by atoms with Gasteiger partial charge in [-0.15, -0.1) is 0 Å². The third-order valence-corrected chi connectivity index (χ3v) is 6.78. The van der Waals surface area contributed by atoms with Gasteiger partial charge in [0.25, 0.3) is 5.91 Å². The van der Waals surface area contributed by atoms with Crippen LogP contribution < -0.4 is 20.9 Å². The number of aryl methyl sites for hydroxylation is 1. The van der Waals surface area contributed by atoms with Crippen LogP contribution in [0.1, 0.15) is 41.8 Å². The van der Waals surface area contributed by atoms with Crippen LogP contribution in [0.4, 0.5) is 21.9 Å². The second-order valence-corrected chi connectivity index (χ2v) is 9.73. The number of hydrogen-bond acceptors (Lipinski definition) is 6. The Balaban J connectivity index is 1.68. The lowest BCUT2D eigenvalue weighted by Gasteiger charge is -2.30. The van der Waals surface area contributed by atoms with Gasteiger partial charge in [0, 0.05) is 30.2 Å². The fourth-order valence-electron chi connectivity index (χ4n) is 4.85. The molecule has 220 valence electrons. The number of aromatic carboxylic acids is 1. The summed E-state index contributed by atoms with van der Waals surface area (Å²) < 4.78 is 11.4. The Bertz CT molecular complexity index is 1440. The van der Waals surface area contributed by atoms with E-state index in [1.165, 1.54) is 29.2 Å². The Labute approximate surface area is 243 Å². The number of carbonyl (C=O) groups is 4. The third-order valence-electron chi connectivity index (χ3n) is 6.78. The highest BCUT2D eigenvalue weighted by molar-refractivity contribution is 6.13. The normalized spacial score (nSPS) is 15.8. The molecule has 0 fully saturated rings. The number of carboxylic acids is 1. The predicted molar refractivity (Wildman–Crippen MR) is 157 cm³/mol. The number of anilines is 3. The van der Waals surface area contributed by atoms with Gasteiger partial charge in [0.15, 0.2) is 11.8 Å². The molecule has 0 bridgehead atoms. The highest BCUT2D eigenvalue weighted by Gasteiger charge is 2.53. The summed E-state index contributed by atoms with van der Waals surface area (Å²) in [6, 6.07) is 19.1. The van der Waals surface area contributed by atoms with Gasteiger partial charge in [-0.05, 0) is 63.2 Å². The van der Waals surface area contributed by atoms with Gasteiger partial charge in [-0.25, -0.2) is 9.59 Å². The number of para-hydroxylation sites is 1. The minimum atomic E-state index is -1.76. The fourth-order valence-corrected chi connectivity index (χ4v) is 4.85. The summed E-state index contributed by atoms with van der Waals surface area (Å²) in [7, 11) is 0. The molecule has 1 aliphatic heterocycles. The van der Waals surface area contributed by atoms with Crippen molar-refractivity contribution in [2.24, 2.45) is 0 Å². The van der Waals surface area contributed by atoms with Gasteiger partial charge >= 0.3 is 12.0 Å². The number of nitrogens with zero attached hydrogens (tertiary/aromatic N) is 1. The molecule has 0 saturated carbocycles. The Morgan fingerprint density at radius 1 is 0.881 bits per heavy atom. The highest BCUT2D eigenvalue weighted by Crippen LogP contribution is 2.43. The van der Waals surface area contributed by atoms with Gasteiger partial charge in [0.2, 0.25) is 5.91 Å². The minimum Gasteiger partial charge on any atom is -0.478 e. The quantitative estimate of drug-likeness (QED) is 0.233. The molecule has 0 aromatic heterocycles. The van der Waals surface area contributed by atoms with Gasteiger partial charge in [-0.3, -0.25) is 9.59 Å². The van der Waals surface area contributed by atoms with Crippen molar-refractivity contribution in [3.05, 3.63) is 89.5 Å². The van der Waals surface area contributed by atoms with Crippen LogP contribution in [-0.2, 0) is 24.6 Å². The van der Waals surface area contributed by atoms with Gasteiger partial charge < -0.3 is 35.4 Å². The molecule has 42 heavy (non-hydrogen) atoms. The molecule has 11 nitrogen and oxygen atoms in total. The van der Waals surface area contributed by atoms with Crippen molar-refractivity contribution in [1.82, 2.24) is 5.32 Å². The van der Waals surface area contributed by atoms with E-state index in [1.807, 2.05) is 32.9 Å². The number of fused-ring (bicyclic) bond motifs is 1. The zero-order chi connectivity index (χ0) is 30.3. The summed E-state index contributed by atoms with van der Waals surface area (Å²) in [5, 5.41) is 17.4. The highest BCUT2D eigenvalue weighted by atomic mass is 16.7. The van der Waals surface area contributed by atoms with Crippen molar-refractivity contribution in [3.8, 4) is 0 Å². The summed E-state index contributed by atoms with van der Waals surface area (Å²) in [4.78, 5) is 53.8. The summed E-state index contributed by atoms with van der Waals surface area (Å²) in [5.41, 5.74) is 1.12. The van der Waals surface area contributed by atoms with E-state index in [0.717, 1.165) is 5.56 Å². The maximum absolute atomic E-state index is 14.3. The number of benzene rings is 3. The van der Waals surface area contributed by atoms with E-state index in [2.05, 4.69) is 16.0 Å². The third kappa shape index (κ3) is 6.76. The molecule has 4 amide bonds. The molecule has 1 atom stereocenters. The van der Waals surface area contributed by atoms with Crippen LogP contribution in [-0.4, -0.2) is 55.0 Å². The molecule has 0 spiro atoms. The number of carbonyl (C=O) groups excluding carboxylic acids is 3. The van der Waals surface area contributed by atoms with E-state index in [4.69, 9.17) is 14.6 Å². The molecule has 0 aliphatic carbocycles. The number of rotatable bonds is 12. The SMILES string of the molecule is CCOC(CN1C(=O)C(CC(=O)Nc2ccc(C(=O)O)cc2)(NC(=O)Nc2ccc(C)cc2)c2ccccc21)OCC. The van der Waals surface area contributed by atoms with E-state index in [0.29, 0.717) is 35.8 Å². The monoisotopic (exact) mass is 574 g/mol. The van der Waals surface area contributed by atoms with Crippen LogP contribution in [0.25, 0.3) is 0 Å². The van der Waals surface area contributed by atoms with Crippen molar-refractivity contribution in [1.29, 1.82) is 0 Å². The lowest BCUT2D eigenvalue weighted by atomic mass is 9.87. The fraction of sp³-hybridized carbons (Fsp3) is 0.290. The average molecular weight is 575 g/mol. The zero-order valence-electron chi connectivity index (χ0n) is 23.7. The lowest BCUT2D eigenvalue weighted by molar-refractivity contribution is -0.138. The molecular weight excluding hydrogens is 540 g/mol. The predicted octanol–water partition coefficient (Wildman–Crippen LogP) is 4.48. The van der Waals surface area contributed by atoms with Gasteiger partial charge in [0.1, 0.15) is 0 Å². The standard InChI is InChI=1S/C31H34N4O7/c1-4-41-27(42-5-2)19-35-25-9-7-6-8-24(25)31(29(35)39,34-30(40)33-23-14-10-20(3)11-15-23)18-26(36)32-22-16-12-21(13-17-22)28(37)38/h6-17,27H,4-5,18-19H2,1-3H3,(H,32,36)(H,37,38)(H2,33,34,40). The van der Waals surface area contributed by atoms with Crippen LogP contribution in [0.2, 0.25) is 0 Å². The molecule has 3 aromatic carbocycles. The van der Waals surface area contributed by atoms with E-state index in [1.54, 1.807) is 36.4 Å². The summed E-state index contributed by atoms with van der Waals surface area (Å²) >= 11 is 0. The second-order valence-electron chi connectivity index (χ2n) is 9.73. The van der Waals surface area contributed by atoms with Crippen molar-refractivity contribution >= 4 is 40.9 Å². The Morgan fingerprint density at radius 3 is 2.10 bits per heavy atom. The molecular formula is C31H34N4O7. The largest absolute Gasteiger partial charge is 0.478 e. The van der Waals surface area contributed by atoms with E-state index in [-0.39, 0.29) is 12.1 Å². The number of amides is 4. The number of ether oxygens (including phenoxy) is 2. The van der Waals surface area contributed by atoms with E-state index >= 15 is 0 Å². The molecule has 4 N–H and O–H groups in total. The van der Waals surface area contributed by atoms with Crippen molar-refractivity contribution in [2.75, 3.05) is 35.3 Å². The maximum atomic E-state index is 14.3. The first-order valence-electron chi connectivity index (χ1n) is 13.6. The zero-order valence-corrected chi connectivity index (χ0v) is 23.7. The van der Waals surface area contributed by atoms with Gasteiger partial charge in [0.05, 0.1) is 24.2 Å². The smallest absolute Gasteiger partial charge is 0.335 e. The number of nitrogens with one attached hydrogen (secondary N) is 3. The molecule has 1 heterocycles. The Morgan fingerprint density at radius 2 is 1.48 bits per heavy atom. The van der Waals surface area contributed by atoms with Crippen molar-refractivity contribution in [3.63, 3.8) is 0 Å². The summed E-state index contributed by atoms with van der Waals surface area (Å²) in [6.07, 6.45) is -1.16. The average Bonchev–Trinajstić information content (AvgIpc) is 3.17.